The van der Waals surface area contributed by atoms with Gasteiger partial charge in [0.05, 0.1) is 5.02 Å². The fourth-order valence-electron chi connectivity index (χ4n) is 1.83. The molecule has 0 aliphatic carbocycles. The highest BCUT2D eigenvalue weighted by Crippen LogP contribution is 2.19. The van der Waals surface area contributed by atoms with E-state index in [4.69, 9.17) is 16.7 Å². The Hall–Kier alpha value is -1.15. The van der Waals surface area contributed by atoms with Crippen LogP contribution in [0.4, 0.5) is 0 Å². The van der Waals surface area contributed by atoms with E-state index in [0.29, 0.717) is 16.1 Å². The smallest absolute Gasteiger partial charge is 0.253 e. The summed E-state index contributed by atoms with van der Waals surface area (Å²) < 4.78 is 0. The molecule has 0 bridgehead atoms. The van der Waals surface area contributed by atoms with Gasteiger partial charge < -0.3 is 10.0 Å². The van der Waals surface area contributed by atoms with Gasteiger partial charge in [0.1, 0.15) is 6.61 Å². The summed E-state index contributed by atoms with van der Waals surface area (Å²) >= 11 is 7.95. The van der Waals surface area contributed by atoms with E-state index >= 15 is 0 Å². The number of hydrogen-bond donors (Lipinski definition) is 1. The van der Waals surface area contributed by atoms with Gasteiger partial charge in [-0.3, -0.25) is 4.79 Å². The van der Waals surface area contributed by atoms with Gasteiger partial charge in [0, 0.05) is 35.7 Å². The van der Waals surface area contributed by atoms with Crippen molar-refractivity contribution in [1.29, 1.82) is 0 Å². The molecule has 0 radical (unpaired) electrons. The Balaban J connectivity index is 2.16. The van der Waals surface area contributed by atoms with Crippen LogP contribution < -0.4 is 0 Å². The molecule has 0 aromatic heterocycles. The standard InChI is InChI=1S/C14H14ClNO2S/c15-13-10-12(4-3-11(13)2-1-7-17)14(18)16-5-8-19-9-6-16/h3-4,10,17H,5-9H2. The van der Waals surface area contributed by atoms with Crippen molar-refractivity contribution < 1.29 is 9.90 Å². The molecule has 19 heavy (non-hydrogen) atoms. The number of nitrogens with zero attached hydrogens (tertiary/aromatic N) is 1. The molecular formula is C14H14ClNO2S. The summed E-state index contributed by atoms with van der Waals surface area (Å²) in [6, 6.07) is 5.10. The number of hydrogen-bond acceptors (Lipinski definition) is 3. The van der Waals surface area contributed by atoms with Crippen molar-refractivity contribution in [3.8, 4) is 11.8 Å². The minimum absolute atomic E-state index is 0.0175. The number of carbonyl (C=O) groups is 1. The van der Waals surface area contributed by atoms with Gasteiger partial charge in [0.25, 0.3) is 5.91 Å². The molecule has 3 nitrogen and oxygen atoms in total. The molecule has 0 spiro atoms. The highest BCUT2D eigenvalue weighted by Gasteiger charge is 2.18. The van der Waals surface area contributed by atoms with E-state index in [1.807, 2.05) is 16.7 Å². The average Bonchev–Trinajstić information content (AvgIpc) is 2.46. The molecule has 100 valence electrons. The van der Waals surface area contributed by atoms with Gasteiger partial charge in [0.2, 0.25) is 0 Å². The van der Waals surface area contributed by atoms with E-state index in [9.17, 15) is 4.79 Å². The van der Waals surface area contributed by atoms with Crippen LogP contribution in [0.5, 0.6) is 0 Å². The second-order valence-corrected chi connectivity index (χ2v) is 5.69. The SMILES string of the molecule is O=C(c1ccc(C#CCO)c(Cl)c1)N1CCSCC1. The Morgan fingerprint density at radius 2 is 2.16 bits per heavy atom. The number of aliphatic hydroxyl groups excluding tert-OH is 1. The lowest BCUT2D eigenvalue weighted by Gasteiger charge is -2.26. The Labute approximate surface area is 121 Å². The zero-order valence-corrected chi connectivity index (χ0v) is 11.9. The zero-order chi connectivity index (χ0) is 13.7. The summed E-state index contributed by atoms with van der Waals surface area (Å²) in [6.07, 6.45) is 0. The van der Waals surface area contributed by atoms with Crippen LogP contribution >= 0.6 is 23.4 Å². The van der Waals surface area contributed by atoms with Gasteiger partial charge in [-0.05, 0) is 18.2 Å². The van der Waals surface area contributed by atoms with Crippen LogP contribution in [0.15, 0.2) is 18.2 Å². The van der Waals surface area contributed by atoms with Gasteiger partial charge >= 0.3 is 0 Å². The maximum atomic E-state index is 12.3. The van der Waals surface area contributed by atoms with E-state index in [1.165, 1.54) is 0 Å². The predicted molar refractivity (Wildman–Crippen MR) is 78.6 cm³/mol. The van der Waals surface area contributed by atoms with Crippen molar-refractivity contribution in [2.75, 3.05) is 31.2 Å². The Morgan fingerprint density at radius 1 is 1.42 bits per heavy atom. The zero-order valence-electron chi connectivity index (χ0n) is 10.4. The topological polar surface area (TPSA) is 40.5 Å². The number of benzene rings is 1. The lowest BCUT2D eigenvalue weighted by atomic mass is 10.1. The minimum Gasteiger partial charge on any atom is -0.384 e. The fraction of sp³-hybridized carbons (Fsp3) is 0.357. The van der Waals surface area contributed by atoms with Crippen LogP contribution in [0.3, 0.4) is 0 Å². The molecule has 2 rings (SSSR count). The molecule has 1 amide bonds. The summed E-state index contributed by atoms with van der Waals surface area (Å²) in [7, 11) is 0. The number of rotatable bonds is 1. The maximum Gasteiger partial charge on any atom is 0.253 e. The van der Waals surface area contributed by atoms with Crippen LogP contribution in [0.2, 0.25) is 5.02 Å². The monoisotopic (exact) mass is 295 g/mol. The molecule has 1 aliphatic heterocycles. The van der Waals surface area contributed by atoms with Crippen LogP contribution in [0.1, 0.15) is 15.9 Å². The normalized spacial score (nSPS) is 14.7. The van der Waals surface area contributed by atoms with Crippen molar-refractivity contribution in [1.82, 2.24) is 4.90 Å². The van der Waals surface area contributed by atoms with Crippen LogP contribution in [-0.2, 0) is 0 Å². The average molecular weight is 296 g/mol. The predicted octanol–water partition coefficient (Wildman–Crippen LogP) is 1.87. The summed E-state index contributed by atoms with van der Waals surface area (Å²) in [5, 5.41) is 9.09. The first-order valence-electron chi connectivity index (χ1n) is 5.98. The van der Waals surface area contributed by atoms with Crippen molar-refractivity contribution in [2.45, 2.75) is 0 Å². The second kappa shape index (κ2) is 6.85. The van der Waals surface area contributed by atoms with Crippen molar-refractivity contribution in [3.05, 3.63) is 34.3 Å². The van der Waals surface area contributed by atoms with Gasteiger partial charge in [-0.2, -0.15) is 11.8 Å². The molecule has 0 atom stereocenters. The largest absolute Gasteiger partial charge is 0.384 e. The number of halogens is 1. The van der Waals surface area contributed by atoms with Gasteiger partial charge in [-0.1, -0.05) is 23.4 Å². The van der Waals surface area contributed by atoms with E-state index in [2.05, 4.69) is 11.8 Å². The number of amides is 1. The molecule has 5 heteroatoms. The first-order chi connectivity index (χ1) is 9.22. The first-order valence-corrected chi connectivity index (χ1v) is 7.52. The summed E-state index contributed by atoms with van der Waals surface area (Å²) in [5.74, 6) is 7.28. The minimum atomic E-state index is -0.206. The lowest BCUT2D eigenvalue weighted by Crippen LogP contribution is -2.37. The maximum absolute atomic E-state index is 12.3. The first kappa shape index (κ1) is 14.3. The third-order valence-electron chi connectivity index (χ3n) is 2.82. The molecule has 1 N–H and O–H groups in total. The summed E-state index contributed by atoms with van der Waals surface area (Å²) in [5.41, 5.74) is 1.22. The molecule has 0 unspecified atom stereocenters. The van der Waals surface area contributed by atoms with Gasteiger partial charge in [-0.25, -0.2) is 0 Å². The van der Waals surface area contributed by atoms with Crippen molar-refractivity contribution in [2.24, 2.45) is 0 Å². The molecule has 1 aliphatic rings. The highest BCUT2D eigenvalue weighted by molar-refractivity contribution is 7.99. The molecule has 1 saturated heterocycles. The molecule has 1 aromatic rings. The van der Waals surface area contributed by atoms with Crippen LogP contribution in [-0.4, -0.2) is 47.1 Å². The van der Waals surface area contributed by atoms with Crippen LogP contribution in [0.25, 0.3) is 0 Å². The molecular weight excluding hydrogens is 282 g/mol. The van der Waals surface area contributed by atoms with Gasteiger partial charge in [-0.15, -0.1) is 0 Å². The fourth-order valence-corrected chi connectivity index (χ4v) is 2.96. The van der Waals surface area contributed by atoms with Crippen molar-refractivity contribution >= 4 is 29.3 Å². The Morgan fingerprint density at radius 3 is 2.79 bits per heavy atom. The third-order valence-corrected chi connectivity index (χ3v) is 4.07. The lowest BCUT2D eigenvalue weighted by molar-refractivity contribution is 0.0772. The molecule has 0 saturated carbocycles. The van der Waals surface area contributed by atoms with E-state index in [0.717, 1.165) is 24.6 Å². The summed E-state index contributed by atoms with van der Waals surface area (Å²) in [6.45, 7) is 1.36. The third kappa shape index (κ3) is 3.66. The number of aliphatic hydroxyl groups is 1. The quantitative estimate of drug-likeness (QED) is 0.804. The van der Waals surface area contributed by atoms with E-state index in [1.54, 1.807) is 18.2 Å². The number of carbonyl (C=O) groups excluding carboxylic acids is 1. The number of thioether (sulfide) groups is 1. The molecule has 1 aromatic carbocycles. The van der Waals surface area contributed by atoms with E-state index in [-0.39, 0.29) is 12.5 Å². The van der Waals surface area contributed by atoms with Gasteiger partial charge in [0.15, 0.2) is 0 Å². The molecule has 1 heterocycles. The van der Waals surface area contributed by atoms with E-state index < -0.39 is 0 Å². The Bertz CT molecular complexity index is 530. The highest BCUT2D eigenvalue weighted by atomic mass is 35.5. The summed E-state index contributed by atoms with van der Waals surface area (Å²) in [4.78, 5) is 14.1. The Kier molecular flexibility index (Phi) is 5.15. The molecule has 1 fully saturated rings. The second-order valence-electron chi connectivity index (χ2n) is 4.06. The van der Waals surface area contributed by atoms with Crippen molar-refractivity contribution in [3.63, 3.8) is 0 Å². The van der Waals surface area contributed by atoms with Crippen LogP contribution in [0, 0.1) is 11.8 Å².